The fourth-order valence-corrected chi connectivity index (χ4v) is 5.62. The molecule has 1 unspecified atom stereocenters. The van der Waals surface area contributed by atoms with E-state index in [4.69, 9.17) is 19.2 Å². The van der Waals surface area contributed by atoms with Gasteiger partial charge in [0.1, 0.15) is 24.9 Å². The van der Waals surface area contributed by atoms with Crippen molar-refractivity contribution in [1.29, 1.82) is 0 Å². The number of hydrogen-bond acceptors (Lipinski definition) is 7. The lowest BCUT2D eigenvalue weighted by atomic mass is 9.98. The molecule has 0 bridgehead atoms. The summed E-state index contributed by atoms with van der Waals surface area (Å²) in [6, 6.07) is 29.1. The fourth-order valence-electron chi connectivity index (χ4n) is 5.62. The summed E-state index contributed by atoms with van der Waals surface area (Å²) in [5.41, 5.74) is 6.09. The van der Waals surface area contributed by atoms with Crippen molar-refractivity contribution < 1.29 is 19.0 Å². The average Bonchev–Trinajstić information content (AvgIpc) is 3.34. The summed E-state index contributed by atoms with van der Waals surface area (Å²) in [6.45, 7) is 3.90. The number of carbonyl (C=O) groups is 1. The van der Waals surface area contributed by atoms with Crippen LogP contribution in [0.5, 0.6) is 11.8 Å². The zero-order valence-corrected chi connectivity index (χ0v) is 25.7. The molecule has 45 heavy (non-hydrogen) atoms. The van der Waals surface area contributed by atoms with Gasteiger partial charge in [-0.15, -0.1) is 0 Å². The Hall–Kier alpha value is -5.15. The van der Waals surface area contributed by atoms with Gasteiger partial charge in [-0.3, -0.25) is 18.8 Å². The molecule has 0 aliphatic carbocycles. The Morgan fingerprint density at radius 3 is 2.22 bits per heavy atom. The largest absolute Gasteiger partial charge is 0.473 e. The molecule has 5 aromatic rings. The van der Waals surface area contributed by atoms with Crippen molar-refractivity contribution >= 4 is 22.6 Å². The van der Waals surface area contributed by atoms with Crippen LogP contribution in [-0.2, 0) is 29.8 Å². The molecule has 0 spiro atoms. The molecule has 0 N–H and O–H groups in total. The minimum atomic E-state index is -0.299. The molecule has 0 radical (unpaired) electrons. The second-order valence-corrected chi connectivity index (χ2v) is 11.1. The van der Waals surface area contributed by atoms with E-state index in [9.17, 15) is 9.59 Å². The molecular weight excluding hydrogens is 568 g/mol. The summed E-state index contributed by atoms with van der Waals surface area (Å²) in [5, 5.41) is 0. The van der Waals surface area contributed by atoms with Crippen LogP contribution in [0.15, 0.2) is 102 Å². The maximum atomic E-state index is 13.8. The molecule has 2 aromatic heterocycles. The number of aryl methyl sites for hydroxylation is 1. The number of rotatable bonds is 10. The summed E-state index contributed by atoms with van der Waals surface area (Å²) in [6.07, 6.45) is 2.93. The minimum Gasteiger partial charge on any atom is -0.473 e. The van der Waals surface area contributed by atoms with Gasteiger partial charge in [0, 0.05) is 26.2 Å². The molecule has 0 amide bonds. The first kappa shape index (κ1) is 29.9. The van der Waals surface area contributed by atoms with Gasteiger partial charge in [-0.05, 0) is 53.8 Å². The number of esters is 1. The molecule has 1 atom stereocenters. The van der Waals surface area contributed by atoms with E-state index < -0.39 is 0 Å². The normalized spacial score (nSPS) is 14.2. The molecule has 230 valence electrons. The third-order valence-corrected chi connectivity index (χ3v) is 8.26. The highest BCUT2D eigenvalue weighted by molar-refractivity contribution is 5.84. The lowest BCUT2D eigenvalue weighted by Crippen LogP contribution is -2.41. The van der Waals surface area contributed by atoms with Crippen molar-refractivity contribution in [3.63, 3.8) is 0 Å². The van der Waals surface area contributed by atoms with E-state index in [2.05, 4.69) is 11.0 Å². The summed E-state index contributed by atoms with van der Waals surface area (Å²) in [4.78, 5) is 32.6. The van der Waals surface area contributed by atoms with Crippen molar-refractivity contribution in [1.82, 2.24) is 19.0 Å². The lowest BCUT2D eigenvalue weighted by Gasteiger charge is -2.30. The van der Waals surface area contributed by atoms with Crippen molar-refractivity contribution in [2.75, 3.05) is 20.2 Å². The van der Waals surface area contributed by atoms with E-state index in [1.807, 2.05) is 91.9 Å². The van der Waals surface area contributed by atoms with Crippen LogP contribution in [0.25, 0.3) is 22.3 Å². The van der Waals surface area contributed by atoms with Gasteiger partial charge in [0.25, 0.3) is 0 Å². The molecule has 0 saturated carbocycles. The predicted octanol–water partition coefficient (Wildman–Crippen LogP) is 5.53. The third kappa shape index (κ3) is 6.39. The van der Waals surface area contributed by atoms with Crippen LogP contribution in [-0.4, -0.2) is 51.2 Å². The number of carbonyl (C=O) groups excluding carboxylic acids is 1. The van der Waals surface area contributed by atoms with E-state index in [0.29, 0.717) is 30.6 Å². The second kappa shape index (κ2) is 13.2. The molecule has 3 aromatic carbocycles. The highest BCUT2D eigenvalue weighted by Gasteiger charge is 2.25. The predicted molar refractivity (Wildman–Crippen MR) is 174 cm³/mol. The molecule has 6 rings (SSSR count). The van der Waals surface area contributed by atoms with Gasteiger partial charge in [0.2, 0.25) is 11.8 Å². The van der Waals surface area contributed by atoms with Gasteiger partial charge < -0.3 is 14.2 Å². The van der Waals surface area contributed by atoms with Gasteiger partial charge in [-0.2, -0.15) is 4.98 Å². The summed E-state index contributed by atoms with van der Waals surface area (Å²) in [7, 11) is 3.19. The molecule has 1 aliphatic heterocycles. The number of ether oxygens (including phenoxy) is 3. The third-order valence-electron chi connectivity index (χ3n) is 8.26. The van der Waals surface area contributed by atoms with Gasteiger partial charge in [0.15, 0.2) is 0 Å². The first-order valence-electron chi connectivity index (χ1n) is 15.0. The summed E-state index contributed by atoms with van der Waals surface area (Å²) >= 11 is 0. The van der Waals surface area contributed by atoms with Gasteiger partial charge in [-0.1, -0.05) is 72.8 Å². The van der Waals surface area contributed by atoms with Gasteiger partial charge >= 0.3 is 11.7 Å². The number of hydrogen-bond donors (Lipinski definition) is 0. The van der Waals surface area contributed by atoms with E-state index in [1.54, 1.807) is 22.2 Å². The van der Waals surface area contributed by atoms with Crippen LogP contribution in [0.1, 0.15) is 30.0 Å². The Morgan fingerprint density at radius 2 is 1.58 bits per heavy atom. The van der Waals surface area contributed by atoms with Gasteiger partial charge in [-0.25, -0.2) is 4.79 Å². The standard InChI is InChI=1S/C36H36N4O5/c1-25(35(41)43-3)39-20-18-28(19-21-39)29-14-15-30-32(22-29)38(2)36(42)40(30)31-16-17-33(44-23-26-10-6-4-7-11-26)37-34(31)45-24-27-12-8-5-9-13-27/h4-18,22,25H,19-21,23-24H2,1-3H3. The zero-order valence-electron chi connectivity index (χ0n) is 25.7. The summed E-state index contributed by atoms with van der Waals surface area (Å²) in [5.74, 6) is 0.473. The minimum absolute atomic E-state index is 0.206. The Morgan fingerprint density at radius 1 is 0.889 bits per heavy atom. The van der Waals surface area contributed by atoms with Crippen LogP contribution in [0.3, 0.4) is 0 Å². The fraction of sp³-hybridized carbons (Fsp3) is 0.250. The Balaban J connectivity index is 1.33. The van der Waals surface area contributed by atoms with Crippen molar-refractivity contribution in [2.24, 2.45) is 7.05 Å². The number of nitrogens with zero attached hydrogens (tertiary/aromatic N) is 4. The molecule has 9 heteroatoms. The van der Waals surface area contributed by atoms with Crippen LogP contribution in [0, 0.1) is 0 Å². The van der Waals surface area contributed by atoms with Crippen LogP contribution in [0.2, 0.25) is 0 Å². The van der Waals surface area contributed by atoms with Crippen molar-refractivity contribution in [3.8, 4) is 17.4 Å². The molecule has 0 fully saturated rings. The van der Waals surface area contributed by atoms with E-state index in [-0.39, 0.29) is 24.3 Å². The molecule has 9 nitrogen and oxygen atoms in total. The zero-order chi connectivity index (χ0) is 31.3. The van der Waals surface area contributed by atoms with E-state index >= 15 is 0 Å². The molecule has 1 aliphatic rings. The molecular formula is C36H36N4O5. The molecule has 3 heterocycles. The van der Waals surface area contributed by atoms with Crippen molar-refractivity contribution in [3.05, 3.63) is 124 Å². The Labute approximate surface area is 261 Å². The SMILES string of the molecule is COC(=O)C(C)N1CC=C(c2ccc3c(c2)n(C)c(=O)n3-c2ccc(OCc3ccccc3)nc2OCc2ccccc2)CC1. The number of benzene rings is 3. The molecule has 0 saturated heterocycles. The number of aromatic nitrogens is 3. The number of imidazole rings is 1. The van der Waals surface area contributed by atoms with Crippen molar-refractivity contribution in [2.45, 2.75) is 32.6 Å². The second-order valence-electron chi connectivity index (χ2n) is 11.1. The summed E-state index contributed by atoms with van der Waals surface area (Å²) < 4.78 is 20.5. The smallest absolute Gasteiger partial charge is 0.333 e. The topological polar surface area (TPSA) is 87.8 Å². The monoisotopic (exact) mass is 604 g/mol. The maximum absolute atomic E-state index is 13.8. The quantitative estimate of drug-likeness (QED) is 0.194. The van der Waals surface area contributed by atoms with Crippen LogP contribution < -0.4 is 15.2 Å². The first-order chi connectivity index (χ1) is 21.9. The van der Waals surface area contributed by atoms with Crippen LogP contribution in [0.4, 0.5) is 0 Å². The maximum Gasteiger partial charge on any atom is 0.333 e. The first-order valence-corrected chi connectivity index (χ1v) is 15.0. The van der Waals surface area contributed by atoms with E-state index in [0.717, 1.165) is 40.7 Å². The Bertz CT molecular complexity index is 1900. The Kier molecular flexibility index (Phi) is 8.79. The highest BCUT2D eigenvalue weighted by atomic mass is 16.5. The number of fused-ring (bicyclic) bond motifs is 1. The highest BCUT2D eigenvalue weighted by Crippen LogP contribution is 2.30. The van der Waals surface area contributed by atoms with Crippen LogP contribution >= 0.6 is 0 Å². The average molecular weight is 605 g/mol. The van der Waals surface area contributed by atoms with Gasteiger partial charge in [0.05, 0.1) is 18.1 Å². The number of methoxy groups -OCH3 is 1. The lowest BCUT2D eigenvalue weighted by molar-refractivity contribution is -0.146. The van der Waals surface area contributed by atoms with E-state index in [1.165, 1.54) is 12.7 Å². The number of pyridine rings is 1.